The van der Waals surface area contributed by atoms with Crippen molar-refractivity contribution >= 4 is 12.0 Å². The Bertz CT molecular complexity index is 614. The third kappa shape index (κ3) is 2.75. The lowest BCUT2D eigenvalue weighted by atomic mass is 10.0. The van der Waals surface area contributed by atoms with E-state index in [4.69, 9.17) is 20.5 Å². The highest BCUT2D eigenvalue weighted by atomic mass is 16.5. The second-order valence-electron chi connectivity index (χ2n) is 4.60. The average molecular weight is 272 g/mol. The van der Waals surface area contributed by atoms with Crippen molar-refractivity contribution in [2.24, 2.45) is 5.73 Å². The van der Waals surface area contributed by atoms with Crippen LogP contribution in [0.15, 0.2) is 17.7 Å². The van der Waals surface area contributed by atoms with E-state index in [1.807, 2.05) is 19.9 Å². The van der Waals surface area contributed by atoms with E-state index in [0.717, 1.165) is 17.7 Å². The van der Waals surface area contributed by atoms with Crippen molar-refractivity contribution in [1.29, 1.82) is 5.26 Å². The van der Waals surface area contributed by atoms with Gasteiger partial charge in [0.2, 0.25) is 0 Å². The quantitative estimate of drug-likeness (QED) is 0.669. The van der Waals surface area contributed by atoms with Gasteiger partial charge in [0.05, 0.1) is 6.61 Å². The van der Waals surface area contributed by atoms with Gasteiger partial charge in [0, 0.05) is 17.5 Å². The molecule has 0 radical (unpaired) electrons. The average Bonchev–Trinajstić information content (AvgIpc) is 2.74. The number of nitrogens with two attached hydrogens (primary N) is 1. The second-order valence-corrected chi connectivity index (χ2v) is 4.60. The van der Waals surface area contributed by atoms with E-state index in [9.17, 15) is 4.79 Å². The standard InChI is InChI=1S/C15H16N2O3/c1-3-19-13-6-10-4-9(2)20-14(10)7-11(13)5-12(8-16)15(17)18/h5-7,9H,3-4H2,1-2H3,(H2,17,18)/b12-5+. The first-order chi connectivity index (χ1) is 9.55. The summed E-state index contributed by atoms with van der Waals surface area (Å²) in [6.07, 6.45) is 2.37. The van der Waals surface area contributed by atoms with E-state index in [2.05, 4.69) is 0 Å². The first kappa shape index (κ1) is 13.9. The molecular weight excluding hydrogens is 256 g/mol. The van der Waals surface area contributed by atoms with Crippen molar-refractivity contribution in [3.05, 3.63) is 28.8 Å². The molecule has 0 aliphatic carbocycles. The summed E-state index contributed by atoms with van der Waals surface area (Å²) in [5.74, 6) is 0.622. The van der Waals surface area contributed by atoms with Gasteiger partial charge in [-0.2, -0.15) is 5.26 Å². The Morgan fingerprint density at radius 1 is 1.65 bits per heavy atom. The monoisotopic (exact) mass is 272 g/mol. The minimum atomic E-state index is -0.760. The van der Waals surface area contributed by atoms with Gasteiger partial charge in [-0.15, -0.1) is 0 Å². The zero-order valence-corrected chi connectivity index (χ0v) is 11.5. The fourth-order valence-corrected chi connectivity index (χ4v) is 2.16. The fraction of sp³-hybridized carbons (Fsp3) is 0.333. The molecule has 1 aliphatic heterocycles. The fourth-order valence-electron chi connectivity index (χ4n) is 2.16. The third-order valence-corrected chi connectivity index (χ3v) is 3.01. The molecule has 0 saturated carbocycles. The number of benzene rings is 1. The van der Waals surface area contributed by atoms with Crippen LogP contribution < -0.4 is 15.2 Å². The van der Waals surface area contributed by atoms with Crippen molar-refractivity contribution in [2.45, 2.75) is 26.4 Å². The van der Waals surface area contributed by atoms with Gasteiger partial charge in [-0.3, -0.25) is 4.79 Å². The van der Waals surface area contributed by atoms with Gasteiger partial charge < -0.3 is 15.2 Å². The van der Waals surface area contributed by atoms with Crippen LogP contribution in [0.4, 0.5) is 0 Å². The molecule has 1 aromatic carbocycles. The highest BCUT2D eigenvalue weighted by molar-refractivity contribution is 6.00. The highest BCUT2D eigenvalue weighted by Crippen LogP contribution is 2.36. The summed E-state index contributed by atoms with van der Waals surface area (Å²) in [5, 5.41) is 8.92. The molecule has 0 fully saturated rings. The zero-order valence-electron chi connectivity index (χ0n) is 11.5. The smallest absolute Gasteiger partial charge is 0.259 e. The molecule has 1 unspecified atom stereocenters. The van der Waals surface area contributed by atoms with Gasteiger partial charge in [-0.05, 0) is 32.1 Å². The first-order valence-electron chi connectivity index (χ1n) is 6.43. The molecule has 5 nitrogen and oxygen atoms in total. The molecule has 1 aliphatic rings. The van der Waals surface area contributed by atoms with Crippen LogP contribution in [0, 0.1) is 11.3 Å². The SMILES string of the molecule is CCOc1cc2c(cc1/C=C(\C#N)C(N)=O)OC(C)C2. The molecule has 0 saturated heterocycles. The predicted molar refractivity (Wildman–Crippen MR) is 74.2 cm³/mol. The lowest BCUT2D eigenvalue weighted by molar-refractivity contribution is -0.114. The molecule has 1 aromatic rings. The van der Waals surface area contributed by atoms with Gasteiger partial charge in [-0.1, -0.05) is 0 Å². The van der Waals surface area contributed by atoms with Crippen molar-refractivity contribution < 1.29 is 14.3 Å². The Morgan fingerprint density at radius 2 is 2.40 bits per heavy atom. The summed E-state index contributed by atoms with van der Waals surface area (Å²) in [7, 11) is 0. The van der Waals surface area contributed by atoms with E-state index < -0.39 is 5.91 Å². The maximum Gasteiger partial charge on any atom is 0.259 e. The Morgan fingerprint density at radius 3 is 3.00 bits per heavy atom. The van der Waals surface area contributed by atoms with Crippen LogP contribution in [-0.4, -0.2) is 18.6 Å². The van der Waals surface area contributed by atoms with Crippen LogP contribution in [0.3, 0.4) is 0 Å². The molecule has 0 spiro atoms. The van der Waals surface area contributed by atoms with E-state index in [0.29, 0.717) is 17.9 Å². The van der Waals surface area contributed by atoms with Crippen LogP contribution in [0.25, 0.3) is 6.08 Å². The van der Waals surface area contributed by atoms with E-state index in [1.165, 1.54) is 6.08 Å². The lowest BCUT2D eigenvalue weighted by Crippen LogP contribution is -2.12. The van der Waals surface area contributed by atoms with Crippen molar-refractivity contribution in [2.75, 3.05) is 6.61 Å². The molecular formula is C15H16N2O3. The molecule has 20 heavy (non-hydrogen) atoms. The minimum Gasteiger partial charge on any atom is -0.493 e. The van der Waals surface area contributed by atoms with Gasteiger partial charge in [0.1, 0.15) is 29.2 Å². The number of nitriles is 1. The number of ether oxygens (including phenoxy) is 2. The summed E-state index contributed by atoms with van der Waals surface area (Å²) in [6, 6.07) is 5.46. The molecule has 0 aromatic heterocycles. The number of amides is 1. The summed E-state index contributed by atoms with van der Waals surface area (Å²) in [4.78, 5) is 11.1. The number of hydrogen-bond acceptors (Lipinski definition) is 4. The van der Waals surface area contributed by atoms with Crippen LogP contribution in [0.1, 0.15) is 25.0 Å². The number of carbonyl (C=O) groups excluding carboxylic acids is 1. The highest BCUT2D eigenvalue weighted by Gasteiger charge is 2.21. The summed E-state index contributed by atoms with van der Waals surface area (Å²) < 4.78 is 11.2. The number of nitrogens with zero attached hydrogens (tertiary/aromatic N) is 1. The van der Waals surface area contributed by atoms with Gasteiger partial charge in [-0.25, -0.2) is 0 Å². The normalized spacial score (nSPS) is 17.1. The van der Waals surface area contributed by atoms with Gasteiger partial charge in [0.25, 0.3) is 5.91 Å². The summed E-state index contributed by atoms with van der Waals surface area (Å²) >= 11 is 0. The number of hydrogen-bond donors (Lipinski definition) is 1. The van der Waals surface area contributed by atoms with Crippen molar-refractivity contribution in [3.63, 3.8) is 0 Å². The molecule has 104 valence electrons. The Hall–Kier alpha value is -2.48. The van der Waals surface area contributed by atoms with Crippen molar-refractivity contribution in [1.82, 2.24) is 0 Å². The predicted octanol–water partition coefficient (Wildman–Crippen LogP) is 1.80. The molecule has 2 rings (SSSR count). The van der Waals surface area contributed by atoms with E-state index >= 15 is 0 Å². The van der Waals surface area contributed by atoms with Crippen LogP contribution in [0.5, 0.6) is 11.5 Å². The summed E-state index contributed by atoms with van der Waals surface area (Å²) in [5.41, 5.74) is 6.72. The van der Waals surface area contributed by atoms with Crippen molar-refractivity contribution in [3.8, 4) is 17.6 Å². The largest absolute Gasteiger partial charge is 0.493 e. The zero-order chi connectivity index (χ0) is 14.7. The van der Waals surface area contributed by atoms with E-state index in [1.54, 1.807) is 12.1 Å². The van der Waals surface area contributed by atoms with Gasteiger partial charge >= 0.3 is 0 Å². The molecule has 2 N–H and O–H groups in total. The second kappa shape index (κ2) is 5.66. The first-order valence-corrected chi connectivity index (χ1v) is 6.43. The number of rotatable bonds is 4. The van der Waals surface area contributed by atoms with Crippen LogP contribution in [-0.2, 0) is 11.2 Å². The summed E-state index contributed by atoms with van der Waals surface area (Å²) in [6.45, 7) is 4.35. The third-order valence-electron chi connectivity index (χ3n) is 3.01. The topological polar surface area (TPSA) is 85.3 Å². The Balaban J connectivity index is 2.49. The maximum absolute atomic E-state index is 11.1. The molecule has 5 heteroatoms. The molecule has 0 bridgehead atoms. The Labute approximate surface area is 117 Å². The number of primary amides is 1. The molecule has 1 heterocycles. The Kier molecular flexibility index (Phi) is 3.94. The number of fused-ring (bicyclic) bond motifs is 1. The number of carbonyl (C=O) groups is 1. The maximum atomic E-state index is 11.1. The minimum absolute atomic E-state index is 0.114. The van der Waals surface area contributed by atoms with Crippen LogP contribution in [0.2, 0.25) is 0 Å². The molecule has 1 atom stereocenters. The van der Waals surface area contributed by atoms with Gasteiger partial charge in [0.15, 0.2) is 0 Å². The van der Waals surface area contributed by atoms with E-state index in [-0.39, 0.29) is 11.7 Å². The lowest BCUT2D eigenvalue weighted by Gasteiger charge is -2.10. The van der Waals surface area contributed by atoms with Crippen LogP contribution >= 0.6 is 0 Å². The molecule has 1 amide bonds.